The Bertz CT molecular complexity index is 1230. The molecule has 2 aliphatic rings. The highest BCUT2D eigenvalue weighted by atomic mass is 19.1. The summed E-state index contributed by atoms with van der Waals surface area (Å²) in [7, 11) is 0. The summed E-state index contributed by atoms with van der Waals surface area (Å²) >= 11 is 0. The summed E-state index contributed by atoms with van der Waals surface area (Å²) in [6, 6.07) is 13.4. The van der Waals surface area contributed by atoms with Crippen molar-refractivity contribution >= 4 is 11.8 Å². The maximum Gasteiger partial charge on any atom is 0.259 e. The van der Waals surface area contributed by atoms with Crippen molar-refractivity contribution in [2.45, 2.75) is 37.6 Å². The van der Waals surface area contributed by atoms with Crippen LogP contribution >= 0.6 is 0 Å². The van der Waals surface area contributed by atoms with Gasteiger partial charge in [0.2, 0.25) is 11.8 Å². The van der Waals surface area contributed by atoms with Crippen LogP contribution in [-0.4, -0.2) is 45.3 Å². The average Bonchev–Trinajstić information content (AvgIpc) is 3.18. The molecule has 1 aromatic carbocycles. The van der Waals surface area contributed by atoms with Crippen LogP contribution in [0.25, 0.3) is 0 Å². The van der Waals surface area contributed by atoms with E-state index in [4.69, 9.17) is 4.74 Å². The zero-order valence-corrected chi connectivity index (χ0v) is 18.8. The van der Waals surface area contributed by atoms with Crippen LogP contribution < -0.4 is 10.1 Å². The molecule has 1 N–H and O–H groups in total. The molecular weight excluding hydrogens is 435 g/mol. The first-order valence-corrected chi connectivity index (χ1v) is 11.3. The second kappa shape index (κ2) is 8.85. The molecule has 4 heterocycles. The normalized spacial score (nSPS) is 22.0. The number of carbonyl (C=O) groups excluding carboxylic acids is 2. The maximum atomic E-state index is 14.1. The Kier molecular flexibility index (Phi) is 5.73. The molecule has 0 saturated carbocycles. The number of hydrogen-bond acceptors (Lipinski definition) is 5. The molecule has 0 unspecified atom stereocenters. The Balaban J connectivity index is 1.46. The first-order chi connectivity index (χ1) is 16.4. The third kappa shape index (κ3) is 4.23. The standard InChI is InChI=1S/C26H25FN4O3/c1-17-9-10-20(14-29-17)34-24-21(7-4-12-28-24)25(33)31-15-22(18-5-2-6-19(27)13-18)26(16-31)11-3-8-23(32)30-26/h2,4-7,9-10,12-14,22H,3,8,11,15-16H2,1H3,(H,30,32)/t22-,26+/m0/s1. The van der Waals surface area contributed by atoms with Crippen LogP contribution in [0.2, 0.25) is 0 Å². The van der Waals surface area contributed by atoms with E-state index in [2.05, 4.69) is 15.3 Å². The molecule has 2 amide bonds. The van der Waals surface area contributed by atoms with Crippen molar-refractivity contribution in [3.63, 3.8) is 0 Å². The lowest BCUT2D eigenvalue weighted by molar-refractivity contribution is -0.125. The lowest BCUT2D eigenvalue weighted by Crippen LogP contribution is -2.56. The van der Waals surface area contributed by atoms with Crippen molar-refractivity contribution in [3.8, 4) is 11.6 Å². The predicted octanol–water partition coefficient (Wildman–Crippen LogP) is 3.99. The van der Waals surface area contributed by atoms with Crippen LogP contribution in [0.1, 0.15) is 46.8 Å². The second-order valence-corrected chi connectivity index (χ2v) is 8.94. The number of hydrogen-bond donors (Lipinski definition) is 1. The quantitative estimate of drug-likeness (QED) is 0.636. The SMILES string of the molecule is Cc1ccc(Oc2ncccc2C(=O)N2C[C@@H](c3cccc(F)c3)[C@@]3(CCCC(=O)N3)C2)cn1. The van der Waals surface area contributed by atoms with Gasteiger partial charge in [-0.25, -0.2) is 9.37 Å². The minimum absolute atomic E-state index is 0.0424. The summed E-state index contributed by atoms with van der Waals surface area (Å²) in [5.74, 6) is -0.184. The zero-order chi connectivity index (χ0) is 23.7. The van der Waals surface area contributed by atoms with E-state index in [0.717, 1.165) is 24.1 Å². The predicted molar refractivity (Wildman–Crippen MR) is 123 cm³/mol. The molecule has 2 saturated heterocycles. The minimum Gasteiger partial charge on any atom is -0.437 e. The number of carbonyl (C=O) groups is 2. The van der Waals surface area contributed by atoms with Crippen LogP contribution in [0.5, 0.6) is 11.6 Å². The van der Waals surface area contributed by atoms with Crippen molar-refractivity contribution in [1.29, 1.82) is 0 Å². The van der Waals surface area contributed by atoms with E-state index in [-0.39, 0.29) is 29.4 Å². The zero-order valence-electron chi connectivity index (χ0n) is 18.8. The lowest BCUT2D eigenvalue weighted by Gasteiger charge is -2.39. The highest BCUT2D eigenvalue weighted by Crippen LogP contribution is 2.42. The van der Waals surface area contributed by atoms with E-state index in [1.54, 1.807) is 41.6 Å². The molecule has 0 radical (unpaired) electrons. The molecule has 7 nitrogen and oxygen atoms in total. The Morgan fingerprint density at radius 3 is 2.85 bits per heavy atom. The summed E-state index contributed by atoms with van der Waals surface area (Å²) in [6.45, 7) is 2.56. The van der Waals surface area contributed by atoms with Gasteiger partial charge in [-0.15, -0.1) is 0 Å². The molecule has 0 bridgehead atoms. The number of rotatable bonds is 4. The van der Waals surface area contributed by atoms with E-state index in [1.165, 1.54) is 12.1 Å². The van der Waals surface area contributed by atoms with Crippen LogP contribution in [0.4, 0.5) is 4.39 Å². The van der Waals surface area contributed by atoms with Gasteiger partial charge in [-0.3, -0.25) is 14.6 Å². The number of nitrogens with one attached hydrogen (secondary N) is 1. The highest BCUT2D eigenvalue weighted by molar-refractivity contribution is 5.97. The van der Waals surface area contributed by atoms with Crippen LogP contribution in [0, 0.1) is 12.7 Å². The number of amides is 2. The Labute approximate surface area is 197 Å². The molecule has 174 valence electrons. The summed E-state index contributed by atoms with van der Waals surface area (Å²) in [4.78, 5) is 36.2. The maximum absolute atomic E-state index is 14.1. The number of aryl methyl sites for hydroxylation is 1. The number of likely N-dealkylation sites (tertiary alicyclic amines) is 1. The van der Waals surface area contributed by atoms with E-state index in [0.29, 0.717) is 30.8 Å². The Morgan fingerprint density at radius 2 is 2.09 bits per heavy atom. The van der Waals surface area contributed by atoms with Crippen molar-refractivity contribution < 1.29 is 18.7 Å². The van der Waals surface area contributed by atoms with Crippen LogP contribution in [-0.2, 0) is 4.79 Å². The van der Waals surface area contributed by atoms with Crippen molar-refractivity contribution in [3.05, 3.63) is 83.6 Å². The van der Waals surface area contributed by atoms with E-state index in [1.807, 2.05) is 19.1 Å². The van der Waals surface area contributed by atoms with Gasteiger partial charge in [-0.2, -0.15) is 0 Å². The van der Waals surface area contributed by atoms with Gasteiger partial charge in [0.15, 0.2) is 0 Å². The van der Waals surface area contributed by atoms with Gasteiger partial charge in [-0.05, 0) is 61.7 Å². The second-order valence-electron chi connectivity index (χ2n) is 8.94. The lowest BCUT2D eigenvalue weighted by atomic mass is 9.76. The van der Waals surface area contributed by atoms with E-state index < -0.39 is 5.54 Å². The van der Waals surface area contributed by atoms with Crippen LogP contribution in [0.3, 0.4) is 0 Å². The highest BCUT2D eigenvalue weighted by Gasteiger charge is 2.51. The van der Waals surface area contributed by atoms with Gasteiger partial charge in [0.1, 0.15) is 17.1 Å². The third-order valence-electron chi connectivity index (χ3n) is 6.60. The number of pyridine rings is 2. The number of halogens is 1. The van der Waals surface area contributed by atoms with Gasteiger partial charge >= 0.3 is 0 Å². The average molecular weight is 461 g/mol. The van der Waals surface area contributed by atoms with Gasteiger partial charge in [0, 0.05) is 37.3 Å². The van der Waals surface area contributed by atoms with Crippen molar-refractivity contribution in [2.75, 3.05) is 13.1 Å². The summed E-state index contributed by atoms with van der Waals surface area (Å²) in [6.07, 6.45) is 5.05. The molecule has 8 heteroatoms. The fourth-order valence-corrected chi connectivity index (χ4v) is 4.99. The monoisotopic (exact) mass is 460 g/mol. The fraction of sp³-hybridized carbons (Fsp3) is 0.308. The third-order valence-corrected chi connectivity index (χ3v) is 6.60. The van der Waals surface area contributed by atoms with Gasteiger partial charge in [0.25, 0.3) is 5.91 Å². The molecule has 1 spiro atoms. The van der Waals surface area contributed by atoms with Crippen molar-refractivity contribution in [1.82, 2.24) is 20.2 Å². The molecule has 0 aliphatic carbocycles. The number of benzene rings is 1. The Morgan fingerprint density at radius 1 is 1.21 bits per heavy atom. The van der Waals surface area contributed by atoms with Gasteiger partial charge in [-0.1, -0.05) is 12.1 Å². The van der Waals surface area contributed by atoms with Gasteiger partial charge in [0.05, 0.1) is 11.7 Å². The molecule has 2 aliphatic heterocycles. The van der Waals surface area contributed by atoms with E-state index >= 15 is 0 Å². The molecular formula is C26H25FN4O3. The van der Waals surface area contributed by atoms with Gasteiger partial charge < -0.3 is 15.0 Å². The topological polar surface area (TPSA) is 84.4 Å². The smallest absolute Gasteiger partial charge is 0.259 e. The first-order valence-electron chi connectivity index (χ1n) is 11.3. The fourth-order valence-electron chi connectivity index (χ4n) is 4.99. The minimum atomic E-state index is -0.636. The summed E-state index contributed by atoms with van der Waals surface area (Å²) < 4.78 is 19.9. The molecule has 3 aromatic rings. The summed E-state index contributed by atoms with van der Waals surface area (Å²) in [5.41, 5.74) is 1.30. The van der Waals surface area contributed by atoms with Crippen molar-refractivity contribution in [2.24, 2.45) is 0 Å². The molecule has 2 atom stereocenters. The van der Waals surface area contributed by atoms with Crippen LogP contribution in [0.15, 0.2) is 60.9 Å². The molecule has 2 aromatic heterocycles. The first kappa shape index (κ1) is 22.0. The largest absolute Gasteiger partial charge is 0.437 e. The summed E-state index contributed by atoms with van der Waals surface area (Å²) in [5, 5.41) is 3.15. The Hall–Kier alpha value is -3.81. The number of aromatic nitrogens is 2. The van der Waals surface area contributed by atoms with E-state index in [9.17, 15) is 14.0 Å². The number of nitrogens with zero attached hydrogens (tertiary/aromatic N) is 3. The molecule has 2 fully saturated rings. The molecule has 5 rings (SSSR count). The number of ether oxygens (including phenoxy) is 1. The molecule has 34 heavy (non-hydrogen) atoms. The number of piperidine rings is 1.